The Morgan fingerprint density at radius 2 is 1.88 bits per heavy atom. The van der Waals surface area contributed by atoms with E-state index in [0.717, 1.165) is 0 Å². The monoisotopic (exact) mass is 230 g/mol. The number of carboxylic acids is 1. The fraction of sp³-hybridized carbons (Fsp3) is 0.800. The Morgan fingerprint density at radius 3 is 2.31 bits per heavy atom. The van der Waals surface area contributed by atoms with Crippen LogP contribution in [0.5, 0.6) is 0 Å². The van der Waals surface area contributed by atoms with Crippen molar-refractivity contribution >= 4 is 12.0 Å². The molecule has 0 radical (unpaired) electrons. The zero-order valence-corrected chi connectivity index (χ0v) is 9.77. The van der Waals surface area contributed by atoms with E-state index in [0.29, 0.717) is 13.1 Å². The summed E-state index contributed by atoms with van der Waals surface area (Å²) < 4.78 is 5.48. The molecule has 0 spiro atoms. The van der Waals surface area contributed by atoms with Gasteiger partial charge in [0.15, 0.2) is 0 Å². The number of ether oxygens (including phenoxy) is 1. The van der Waals surface area contributed by atoms with Crippen molar-refractivity contribution in [3.05, 3.63) is 0 Å². The number of hydrogen-bond acceptors (Lipinski definition) is 3. The molecular weight excluding hydrogens is 212 g/mol. The van der Waals surface area contributed by atoms with Crippen LogP contribution in [-0.2, 0) is 9.53 Å². The third-order valence-corrected chi connectivity index (χ3v) is 2.42. The highest BCUT2D eigenvalue weighted by Crippen LogP contribution is 2.10. The minimum absolute atomic E-state index is 0.0189. The summed E-state index contributed by atoms with van der Waals surface area (Å²) in [6.45, 7) is 6.19. The predicted molar refractivity (Wildman–Crippen MR) is 57.2 cm³/mol. The van der Waals surface area contributed by atoms with Crippen molar-refractivity contribution in [1.82, 2.24) is 10.2 Å². The quantitative estimate of drug-likeness (QED) is 0.714. The summed E-state index contributed by atoms with van der Waals surface area (Å²) >= 11 is 0. The number of hydrogen-bond donors (Lipinski definition) is 2. The molecule has 16 heavy (non-hydrogen) atoms. The maximum Gasteiger partial charge on any atom is 0.325 e. The van der Waals surface area contributed by atoms with Crippen LogP contribution in [0.4, 0.5) is 4.79 Å². The third kappa shape index (κ3) is 3.37. The van der Waals surface area contributed by atoms with E-state index in [-0.39, 0.29) is 18.2 Å². The van der Waals surface area contributed by atoms with Crippen molar-refractivity contribution in [1.29, 1.82) is 0 Å². The van der Waals surface area contributed by atoms with Crippen LogP contribution in [0.2, 0.25) is 0 Å². The average molecular weight is 230 g/mol. The second kappa shape index (κ2) is 5.16. The maximum absolute atomic E-state index is 11.7. The van der Waals surface area contributed by atoms with E-state index in [1.165, 1.54) is 6.92 Å². The first-order chi connectivity index (χ1) is 7.40. The van der Waals surface area contributed by atoms with E-state index in [2.05, 4.69) is 5.32 Å². The van der Waals surface area contributed by atoms with Crippen molar-refractivity contribution in [2.75, 3.05) is 13.1 Å². The van der Waals surface area contributed by atoms with Gasteiger partial charge in [-0.3, -0.25) is 4.79 Å². The number of morpholine rings is 1. The van der Waals surface area contributed by atoms with Gasteiger partial charge >= 0.3 is 12.0 Å². The van der Waals surface area contributed by atoms with Gasteiger partial charge in [0, 0.05) is 13.1 Å². The molecule has 1 fully saturated rings. The van der Waals surface area contributed by atoms with Gasteiger partial charge in [-0.1, -0.05) is 0 Å². The smallest absolute Gasteiger partial charge is 0.325 e. The fourth-order valence-electron chi connectivity index (χ4n) is 1.68. The molecule has 0 aromatic carbocycles. The number of aliphatic carboxylic acids is 1. The van der Waals surface area contributed by atoms with Gasteiger partial charge in [-0.05, 0) is 20.8 Å². The molecule has 0 unspecified atom stereocenters. The zero-order chi connectivity index (χ0) is 12.3. The minimum atomic E-state index is -1.04. The lowest BCUT2D eigenvalue weighted by atomic mass is 10.2. The number of rotatable bonds is 2. The number of urea groups is 1. The molecule has 0 aliphatic carbocycles. The molecule has 6 heteroatoms. The van der Waals surface area contributed by atoms with Crippen molar-refractivity contribution in [3.8, 4) is 0 Å². The molecule has 2 amide bonds. The predicted octanol–water partition coefficient (Wildman–Crippen LogP) is 0.278. The highest BCUT2D eigenvalue weighted by Gasteiger charge is 2.27. The SMILES string of the molecule is C[C@@H]1CN(C(=O)N[C@@H](C)C(=O)O)C[C@@H](C)O1. The molecule has 1 heterocycles. The molecule has 1 rings (SSSR count). The Hall–Kier alpha value is -1.30. The van der Waals surface area contributed by atoms with Gasteiger partial charge in [-0.15, -0.1) is 0 Å². The van der Waals surface area contributed by atoms with E-state index in [9.17, 15) is 9.59 Å². The van der Waals surface area contributed by atoms with Crippen LogP contribution < -0.4 is 5.32 Å². The van der Waals surface area contributed by atoms with Gasteiger partial charge in [0.25, 0.3) is 0 Å². The first kappa shape index (κ1) is 12.8. The summed E-state index contributed by atoms with van der Waals surface area (Å²) in [6.07, 6.45) is -0.0377. The molecule has 3 atom stereocenters. The largest absolute Gasteiger partial charge is 0.480 e. The van der Waals surface area contributed by atoms with Gasteiger partial charge in [-0.2, -0.15) is 0 Å². The molecule has 0 aromatic rings. The van der Waals surface area contributed by atoms with Crippen LogP contribution >= 0.6 is 0 Å². The van der Waals surface area contributed by atoms with Crippen LogP contribution in [-0.4, -0.2) is 53.3 Å². The summed E-state index contributed by atoms with van der Waals surface area (Å²) in [6, 6.07) is -1.22. The summed E-state index contributed by atoms with van der Waals surface area (Å²) in [7, 11) is 0. The lowest BCUT2D eigenvalue weighted by Crippen LogP contribution is -2.54. The summed E-state index contributed by atoms with van der Waals surface area (Å²) in [5.41, 5.74) is 0. The number of nitrogens with one attached hydrogen (secondary N) is 1. The first-order valence-corrected chi connectivity index (χ1v) is 5.34. The molecule has 0 aromatic heterocycles. The Balaban J connectivity index is 2.50. The van der Waals surface area contributed by atoms with Crippen molar-refractivity contribution in [3.63, 3.8) is 0 Å². The lowest BCUT2D eigenvalue weighted by Gasteiger charge is -2.35. The fourth-order valence-corrected chi connectivity index (χ4v) is 1.68. The average Bonchev–Trinajstić information content (AvgIpc) is 2.15. The Kier molecular flexibility index (Phi) is 4.12. The van der Waals surface area contributed by atoms with E-state index >= 15 is 0 Å². The van der Waals surface area contributed by atoms with Crippen LogP contribution in [0.25, 0.3) is 0 Å². The molecule has 92 valence electrons. The molecule has 0 bridgehead atoms. The van der Waals surface area contributed by atoms with Gasteiger partial charge in [0.2, 0.25) is 0 Å². The van der Waals surface area contributed by atoms with Crippen molar-refractivity contribution in [2.24, 2.45) is 0 Å². The summed E-state index contributed by atoms with van der Waals surface area (Å²) in [4.78, 5) is 23.9. The van der Waals surface area contributed by atoms with Gasteiger partial charge in [-0.25, -0.2) is 4.79 Å². The second-order valence-corrected chi connectivity index (χ2v) is 4.17. The standard InChI is InChI=1S/C10H18N2O4/c1-6-4-12(5-7(2)16-6)10(15)11-8(3)9(13)14/h6-8H,4-5H2,1-3H3,(H,11,15)(H,13,14)/t6-,7-,8+/m1/s1. The Labute approximate surface area is 94.6 Å². The van der Waals surface area contributed by atoms with Crippen LogP contribution in [0.3, 0.4) is 0 Å². The van der Waals surface area contributed by atoms with Crippen LogP contribution in [0.1, 0.15) is 20.8 Å². The highest BCUT2D eigenvalue weighted by molar-refractivity contribution is 5.82. The van der Waals surface area contributed by atoms with Crippen molar-refractivity contribution in [2.45, 2.75) is 39.0 Å². The Bertz CT molecular complexity index is 272. The summed E-state index contributed by atoms with van der Waals surface area (Å²) in [5, 5.41) is 11.1. The lowest BCUT2D eigenvalue weighted by molar-refractivity contribution is -0.138. The summed E-state index contributed by atoms with van der Waals surface area (Å²) in [5.74, 6) is -1.04. The highest BCUT2D eigenvalue weighted by atomic mass is 16.5. The number of carboxylic acid groups (broad SMARTS) is 1. The van der Waals surface area contributed by atoms with Gasteiger partial charge < -0.3 is 20.1 Å². The number of carbonyl (C=O) groups excluding carboxylic acids is 1. The number of carbonyl (C=O) groups is 2. The van der Waals surface area contributed by atoms with Crippen LogP contribution in [0, 0.1) is 0 Å². The molecule has 6 nitrogen and oxygen atoms in total. The normalized spacial score (nSPS) is 27.3. The molecule has 2 N–H and O–H groups in total. The van der Waals surface area contributed by atoms with E-state index in [1.54, 1.807) is 4.90 Å². The van der Waals surface area contributed by atoms with E-state index in [4.69, 9.17) is 9.84 Å². The molecule has 1 aliphatic rings. The molecule has 1 saturated heterocycles. The van der Waals surface area contributed by atoms with Gasteiger partial charge in [0.1, 0.15) is 6.04 Å². The van der Waals surface area contributed by atoms with Crippen LogP contribution in [0.15, 0.2) is 0 Å². The number of nitrogens with zero attached hydrogens (tertiary/aromatic N) is 1. The zero-order valence-electron chi connectivity index (χ0n) is 9.77. The molecular formula is C10H18N2O4. The Morgan fingerprint density at radius 1 is 1.38 bits per heavy atom. The minimum Gasteiger partial charge on any atom is -0.480 e. The second-order valence-electron chi connectivity index (χ2n) is 4.17. The van der Waals surface area contributed by atoms with E-state index in [1.807, 2.05) is 13.8 Å². The third-order valence-electron chi connectivity index (χ3n) is 2.42. The van der Waals surface area contributed by atoms with Gasteiger partial charge in [0.05, 0.1) is 12.2 Å². The maximum atomic E-state index is 11.7. The molecule has 1 aliphatic heterocycles. The number of amides is 2. The van der Waals surface area contributed by atoms with E-state index < -0.39 is 12.0 Å². The first-order valence-electron chi connectivity index (χ1n) is 5.34. The topological polar surface area (TPSA) is 78.9 Å². The molecule has 0 saturated carbocycles. The van der Waals surface area contributed by atoms with Crippen molar-refractivity contribution < 1.29 is 19.4 Å².